The number of H-pyrrole nitrogens is 1. The van der Waals surface area contributed by atoms with Gasteiger partial charge in [0.2, 0.25) is 0 Å². The maximum atomic E-state index is 14.0. The number of aromatic amines is 1. The maximum absolute atomic E-state index is 14.0. The summed E-state index contributed by atoms with van der Waals surface area (Å²) in [4.78, 5) is 39.9. The molecule has 360 valence electrons. The van der Waals surface area contributed by atoms with Gasteiger partial charge in [-0.25, -0.2) is 18.1 Å². The normalized spacial score (nSPS) is 21.3. The number of rotatable bonds is 17. The summed E-state index contributed by atoms with van der Waals surface area (Å²) in [5.41, 5.74) is 4.64. The minimum Gasteiger partial charge on any atom is -0.455 e. The van der Waals surface area contributed by atoms with Crippen LogP contribution < -0.4 is 19.7 Å². The molecule has 5 aliphatic rings. The van der Waals surface area contributed by atoms with Crippen LogP contribution in [0, 0.1) is 27.4 Å². The third-order valence-corrected chi connectivity index (χ3v) is 16.3. The number of nitro benzene ring substituents is 1. The van der Waals surface area contributed by atoms with Gasteiger partial charge in [-0.3, -0.25) is 24.7 Å². The number of carbonyl (C=O) groups is 1. The van der Waals surface area contributed by atoms with Crippen molar-refractivity contribution >= 4 is 44.0 Å². The summed E-state index contributed by atoms with van der Waals surface area (Å²) in [6, 6.07) is 22.6. The van der Waals surface area contributed by atoms with Gasteiger partial charge in [0.25, 0.3) is 21.6 Å². The molecular weight excluding hydrogens is 885 g/mol. The van der Waals surface area contributed by atoms with E-state index < -0.39 is 31.4 Å². The third-order valence-electron chi connectivity index (χ3n) is 14.9. The molecule has 2 atom stereocenters. The van der Waals surface area contributed by atoms with Crippen molar-refractivity contribution in [1.29, 1.82) is 0 Å². The molecule has 3 saturated heterocycles. The molecule has 2 unspecified atom stereocenters. The van der Waals surface area contributed by atoms with Crippen molar-refractivity contribution in [3.8, 4) is 11.5 Å². The van der Waals surface area contributed by atoms with E-state index in [0.717, 1.165) is 75.5 Å². The Balaban J connectivity index is 0.836. The fourth-order valence-electron chi connectivity index (χ4n) is 11.1. The molecule has 5 heterocycles. The van der Waals surface area contributed by atoms with E-state index in [1.54, 1.807) is 36.2 Å². The number of aromatic nitrogens is 2. The van der Waals surface area contributed by atoms with Crippen LogP contribution in [-0.4, -0.2) is 112 Å². The van der Waals surface area contributed by atoms with Crippen LogP contribution in [0.2, 0.25) is 0 Å². The number of hydrogen-bond donors (Lipinski definition) is 3. The Morgan fingerprint density at radius 2 is 1.76 bits per heavy atom. The highest BCUT2D eigenvalue weighted by Crippen LogP contribution is 2.55. The van der Waals surface area contributed by atoms with Crippen molar-refractivity contribution in [3.63, 3.8) is 0 Å². The molecule has 1 amide bonds. The summed E-state index contributed by atoms with van der Waals surface area (Å²) < 4.78 is 47.6. The van der Waals surface area contributed by atoms with Gasteiger partial charge in [0, 0.05) is 80.9 Å². The van der Waals surface area contributed by atoms with Gasteiger partial charge in [-0.15, -0.1) is 0 Å². The first-order valence-electron chi connectivity index (χ1n) is 24.1. The summed E-state index contributed by atoms with van der Waals surface area (Å²) in [5.74, 6) is 1.06. The van der Waals surface area contributed by atoms with Crippen molar-refractivity contribution in [3.05, 3.63) is 112 Å². The molecule has 5 aromatic rings. The number of ether oxygens (including phenoxy) is 3. The van der Waals surface area contributed by atoms with Crippen LogP contribution >= 0.6 is 0 Å². The highest BCUT2D eigenvalue weighted by molar-refractivity contribution is 7.90. The lowest BCUT2D eigenvalue weighted by molar-refractivity contribution is -0.384. The Morgan fingerprint density at radius 1 is 0.985 bits per heavy atom. The number of benzene rings is 3. The van der Waals surface area contributed by atoms with E-state index in [4.69, 9.17) is 14.2 Å². The van der Waals surface area contributed by atoms with E-state index in [2.05, 4.69) is 59.0 Å². The van der Waals surface area contributed by atoms with Crippen LogP contribution in [-0.2, 0) is 19.5 Å². The molecule has 10 rings (SSSR count). The summed E-state index contributed by atoms with van der Waals surface area (Å²) in [6.45, 7) is 5.87. The average molecular weight is 947 g/mol. The fraction of sp³-hybridized carbons (Fsp3) is 0.490. The van der Waals surface area contributed by atoms with Gasteiger partial charge < -0.3 is 29.4 Å². The van der Waals surface area contributed by atoms with E-state index in [-0.39, 0.29) is 28.3 Å². The highest BCUT2D eigenvalue weighted by Gasteiger charge is 2.51. The number of nitrogens with one attached hydrogen (secondary N) is 3. The average Bonchev–Trinajstić information content (AvgIpc) is 3.93. The van der Waals surface area contributed by atoms with Crippen LogP contribution in [0.3, 0.4) is 0 Å². The van der Waals surface area contributed by atoms with Gasteiger partial charge in [0.15, 0.2) is 0 Å². The van der Waals surface area contributed by atoms with E-state index in [0.29, 0.717) is 61.8 Å². The molecule has 2 aromatic heterocycles. The second kappa shape index (κ2) is 19.4. The molecule has 3 aliphatic heterocycles. The molecule has 1 spiro atoms. The molecule has 3 aromatic carbocycles. The largest absolute Gasteiger partial charge is 0.455 e. The van der Waals surface area contributed by atoms with Crippen molar-refractivity contribution in [1.82, 2.24) is 24.5 Å². The number of nitrogens with zero attached hydrogens (tertiary/aromatic N) is 5. The predicted octanol–water partition coefficient (Wildman–Crippen LogP) is 8.45. The Kier molecular flexibility index (Phi) is 13.2. The van der Waals surface area contributed by atoms with Crippen LogP contribution in [0.15, 0.2) is 90.1 Å². The first-order chi connectivity index (χ1) is 32.9. The number of anilines is 2. The number of likely N-dealkylation sites (tertiary alicyclic amines) is 1. The van der Waals surface area contributed by atoms with E-state index in [9.17, 15) is 23.3 Å². The molecule has 16 nitrogen and oxygen atoms in total. The molecule has 17 heteroatoms. The SMILES string of the molecule is CN(C)COCC1CC(c2ccccc2C2CC2)N(C2CC3(CCN(c4ccc(C(=O)NS(=O)(=O)c5ccc(NCC6CCOCC6)c([N+](=O)[O-])c5)c(Oc5cnc6[nH]ccc6c5)c4)CC3)C2)C1. The maximum Gasteiger partial charge on any atom is 0.293 e. The molecule has 2 aliphatic carbocycles. The van der Waals surface area contributed by atoms with Crippen molar-refractivity contribution in [2.75, 3.05) is 77.0 Å². The van der Waals surface area contributed by atoms with Gasteiger partial charge in [0.05, 0.1) is 34.9 Å². The summed E-state index contributed by atoms with van der Waals surface area (Å²) in [6.07, 6.45) is 13.1. The minimum absolute atomic E-state index is 0.0140. The predicted molar refractivity (Wildman–Crippen MR) is 260 cm³/mol. The zero-order chi connectivity index (χ0) is 47.0. The van der Waals surface area contributed by atoms with Crippen LogP contribution in [0.4, 0.5) is 17.1 Å². The van der Waals surface area contributed by atoms with Crippen molar-refractivity contribution < 1.29 is 32.3 Å². The second-order valence-electron chi connectivity index (χ2n) is 20.0. The lowest BCUT2D eigenvalue weighted by atomic mass is 9.59. The second-order valence-corrected chi connectivity index (χ2v) is 21.7. The van der Waals surface area contributed by atoms with Crippen molar-refractivity contribution in [2.24, 2.45) is 17.3 Å². The quantitative estimate of drug-likeness (QED) is 0.0459. The number of nitro groups is 1. The van der Waals surface area contributed by atoms with E-state index >= 15 is 0 Å². The topological polar surface area (TPSA) is 184 Å². The van der Waals surface area contributed by atoms with E-state index in [1.165, 1.54) is 43.4 Å². The highest BCUT2D eigenvalue weighted by atomic mass is 32.2. The van der Waals surface area contributed by atoms with Gasteiger partial charge >= 0.3 is 0 Å². The molecule has 3 N–H and O–H groups in total. The lowest BCUT2D eigenvalue weighted by Crippen LogP contribution is -2.55. The molecule has 0 radical (unpaired) electrons. The number of hydrogen-bond acceptors (Lipinski definition) is 13. The lowest BCUT2D eigenvalue weighted by Gasteiger charge is -2.56. The minimum atomic E-state index is -4.55. The zero-order valence-corrected chi connectivity index (χ0v) is 39.7. The van der Waals surface area contributed by atoms with Gasteiger partial charge in [-0.1, -0.05) is 24.3 Å². The Labute approximate surface area is 397 Å². The number of amides is 1. The zero-order valence-electron chi connectivity index (χ0n) is 38.9. The number of carbonyl (C=O) groups excluding carboxylic acids is 1. The standard InChI is InChI=1S/C51H62N8O8S/c1-56(2)33-66-32-35-23-46(43-6-4-3-5-42(43)36-7-8-36)58(31-35)39-27-51(28-39)16-19-57(20-17-51)38-9-11-44(48(25-38)67-40-24-37-13-18-52-49(37)54-30-40)50(60)55-68(63,64)41-10-12-45(47(26-41)59(61)62)53-29-34-14-21-65-22-15-34/h3-6,9-13,18,24-26,30,34-36,39,46,53H,7-8,14-17,19-23,27-29,31-33H2,1-2H3,(H,52,54)(H,55,60). The number of sulfonamides is 1. The van der Waals surface area contributed by atoms with Gasteiger partial charge in [-0.05, 0) is 143 Å². The molecule has 68 heavy (non-hydrogen) atoms. The smallest absolute Gasteiger partial charge is 0.293 e. The third kappa shape index (κ3) is 10.1. The number of piperidine rings is 1. The summed E-state index contributed by atoms with van der Waals surface area (Å²) >= 11 is 0. The number of pyridine rings is 1. The van der Waals surface area contributed by atoms with Gasteiger partial charge in [0.1, 0.15) is 22.8 Å². The molecule has 2 saturated carbocycles. The summed E-state index contributed by atoms with van der Waals surface area (Å²) in [5, 5.41) is 16.1. The Morgan fingerprint density at radius 3 is 2.51 bits per heavy atom. The van der Waals surface area contributed by atoms with Gasteiger partial charge in [-0.2, -0.15) is 0 Å². The Bertz CT molecular complexity index is 2740. The molecular formula is C51H62N8O8S. The first kappa shape index (κ1) is 46.2. The Hall–Kier alpha value is -5.59. The molecule has 5 fully saturated rings. The monoisotopic (exact) mass is 946 g/mol. The van der Waals surface area contributed by atoms with Crippen LogP contribution in [0.5, 0.6) is 11.5 Å². The van der Waals surface area contributed by atoms with Crippen LogP contribution in [0.1, 0.15) is 91.2 Å². The molecule has 0 bridgehead atoms. The number of fused-ring (bicyclic) bond motifs is 1. The van der Waals surface area contributed by atoms with E-state index in [1.807, 2.05) is 26.2 Å². The van der Waals surface area contributed by atoms with Crippen LogP contribution in [0.25, 0.3) is 11.0 Å². The first-order valence-corrected chi connectivity index (χ1v) is 25.6. The fourth-order valence-corrected chi connectivity index (χ4v) is 12.1. The summed E-state index contributed by atoms with van der Waals surface area (Å²) in [7, 11) is -0.465. The van der Waals surface area contributed by atoms with Crippen molar-refractivity contribution in [2.45, 2.75) is 80.7 Å².